The van der Waals surface area contributed by atoms with Crippen molar-refractivity contribution < 1.29 is 36.8 Å². The van der Waals surface area contributed by atoms with E-state index in [0.29, 0.717) is 11.4 Å². The lowest BCUT2D eigenvalue weighted by Gasteiger charge is -2.16. The molecule has 0 saturated carbocycles. The number of hydroxylamine groups is 2. The first kappa shape index (κ1) is 44.4. The number of thiophene rings is 1. The number of aromatic nitrogens is 1. The fraction of sp³-hybridized carbons (Fsp3) is 0.103. The van der Waals surface area contributed by atoms with Gasteiger partial charge in [-0.05, 0) is 174 Å². The van der Waals surface area contributed by atoms with E-state index in [0.717, 1.165) is 28.7 Å². The van der Waals surface area contributed by atoms with Gasteiger partial charge in [0.05, 0.1) is 31.4 Å². The Balaban J connectivity index is 0.000000218. The lowest BCUT2D eigenvalue weighted by atomic mass is 10.1. The van der Waals surface area contributed by atoms with Crippen molar-refractivity contribution in [1.82, 2.24) is 15.9 Å². The van der Waals surface area contributed by atoms with Crippen LogP contribution in [0.1, 0.15) is 42.3 Å². The molecular formula is C39H29Br2F4I2N5O4S. The number of halogens is 8. The minimum Gasteiger partial charge on any atom is -0.352 e. The van der Waals surface area contributed by atoms with Crippen molar-refractivity contribution in [2.75, 3.05) is 10.6 Å². The number of carbonyl (C=O) groups is 2. The summed E-state index contributed by atoms with van der Waals surface area (Å²) in [5.74, 6) is -5.92. The van der Waals surface area contributed by atoms with Gasteiger partial charge in [0.25, 0.3) is 11.8 Å². The highest BCUT2D eigenvalue weighted by molar-refractivity contribution is 14.1. The molecule has 4 aromatic carbocycles. The molecule has 2 aromatic heterocycles. The molecule has 0 fully saturated rings. The molecule has 0 saturated heterocycles. The fourth-order valence-electron chi connectivity index (χ4n) is 4.94. The molecule has 0 spiro atoms. The van der Waals surface area contributed by atoms with Crippen molar-refractivity contribution in [1.29, 1.82) is 0 Å². The highest BCUT2D eigenvalue weighted by atomic mass is 127. The summed E-state index contributed by atoms with van der Waals surface area (Å²) in [4.78, 5) is 40.4. The maximum Gasteiger partial charge on any atom is 0.277 e. The Hall–Kier alpha value is -3.67. The van der Waals surface area contributed by atoms with Crippen molar-refractivity contribution in [2.24, 2.45) is 0 Å². The normalized spacial score (nSPS) is 10.7. The summed E-state index contributed by atoms with van der Waals surface area (Å²) in [6.45, 7) is 3.91. The molecule has 6 rings (SSSR count). The zero-order chi connectivity index (χ0) is 41.2. The van der Waals surface area contributed by atoms with Gasteiger partial charge in [-0.1, -0.05) is 12.1 Å². The number of nitrogens with zero attached hydrogens (tertiary/aromatic N) is 1. The van der Waals surface area contributed by atoms with Crippen molar-refractivity contribution in [3.8, 4) is 0 Å². The number of rotatable bonds is 12. The number of hydrogen-bond donors (Lipinski definition) is 4. The van der Waals surface area contributed by atoms with E-state index in [4.69, 9.17) is 9.68 Å². The summed E-state index contributed by atoms with van der Waals surface area (Å²) in [5, 5.41) is 7.55. The zero-order valence-electron chi connectivity index (χ0n) is 29.6. The molecule has 57 heavy (non-hydrogen) atoms. The van der Waals surface area contributed by atoms with Crippen LogP contribution in [0.4, 0.5) is 40.3 Å². The second kappa shape index (κ2) is 20.8. The van der Waals surface area contributed by atoms with Crippen LogP contribution in [0.25, 0.3) is 0 Å². The third-order valence-electron chi connectivity index (χ3n) is 7.80. The van der Waals surface area contributed by atoms with Gasteiger partial charge in [-0.2, -0.15) is 0 Å². The lowest BCUT2D eigenvalue weighted by Crippen LogP contribution is -2.25. The van der Waals surface area contributed by atoms with Crippen molar-refractivity contribution in [3.05, 3.63) is 163 Å². The van der Waals surface area contributed by atoms with Crippen LogP contribution in [-0.4, -0.2) is 16.8 Å². The number of pyridine rings is 1. The summed E-state index contributed by atoms with van der Waals surface area (Å²) in [6, 6.07) is 20.5. The molecule has 4 N–H and O–H groups in total. The summed E-state index contributed by atoms with van der Waals surface area (Å²) in [5.41, 5.74) is 7.30. The monoisotopic (exact) mass is 1150 g/mol. The lowest BCUT2D eigenvalue weighted by molar-refractivity contribution is 0.0232. The second-order valence-corrected chi connectivity index (χ2v) is 17.1. The molecule has 0 atom stereocenters. The molecule has 296 valence electrons. The number of nitrogens with one attached hydrogen (secondary N) is 4. The van der Waals surface area contributed by atoms with Crippen molar-refractivity contribution >= 4 is 123 Å². The minimum atomic E-state index is -1.17. The second-order valence-electron chi connectivity index (χ2n) is 11.9. The first-order valence-electron chi connectivity index (χ1n) is 16.4. The van der Waals surface area contributed by atoms with Crippen LogP contribution in [0.5, 0.6) is 0 Å². The van der Waals surface area contributed by atoms with E-state index in [1.807, 2.05) is 55.6 Å². The van der Waals surface area contributed by atoms with Crippen molar-refractivity contribution in [3.63, 3.8) is 0 Å². The predicted molar refractivity (Wildman–Crippen MR) is 236 cm³/mol. The van der Waals surface area contributed by atoms with Crippen molar-refractivity contribution in [2.45, 2.75) is 27.1 Å². The van der Waals surface area contributed by atoms with Gasteiger partial charge in [0.2, 0.25) is 0 Å². The summed E-state index contributed by atoms with van der Waals surface area (Å²) in [6.07, 6.45) is 3.21. The van der Waals surface area contributed by atoms with E-state index in [1.54, 1.807) is 36.7 Å². The van der Waals surface area contributed by atoms with E-state index in [9.17, 15) is 27.2 Å². The SMILES string of the molecule is Cc1cc(I)ccc1Nc1c(C(=O)NOCc2cccnc2)cc(Br)c(F)c1F.Cc1cc(I)ccc1Nc1c(C(=O)NOCc2cccs2)cc(Br)c(F)c1F. The van der Waals surface area contributed by atoms with E-state index < -0.39 is 35.1 Å². The number of aryl methyl sites for hydroxylation is 2. The van der Waals surface area contributed by atoms with E-state index in [-0.39, 0.29) is 44.7 Å². The van der Waals surface area contributed by atoms with Gasteiger partial charge in [0.15, 0.2) is 23.3 Å². The largest absolute Gasteiger partial charge is 0.352 e. The van der Waals surface area contributed by atoms with Crippen LogP contribution in [0.2, 0.25) is 0 Å². The van der Waals surface area contributed by atoms with Crippen LogP contribution >= 0.6 is 88.4 Å². The highest BCUT2D eigenvalue weighted by Crippen LogP contribution is 2.34. The maximum atomic E-state index is 14.7. The van der Waals surface area contributed by atoms with Gasteiger partial charge in [-0.15, -0.1) is 11.3 Å². The topological polar surface area (TPSA) is 114 Å². The molecule has 0 aliphatic rings. The third-order valence-corrected chi connectivity index (χ3v) is 11.1. The number of carbonyl (C=O) groups excluding carboxylic acids is 2. The molecule has 0 unspecified atom stereocenters. The molecule has 0 bridgehead atoms. The molecule has 18 heteroatoms. The highest BCUT2D eigenvalue weighted by Gasteiger charge is 2.24. The maximum absolute atomic E-state index is 14.7. The Morgan fingerprint density at radius 1 is 0.702 bits per heavy atom. The molecule has 9 nitrogen and oxygen atoms in total. The van der Waals surface area contributed by atoms with Crippen LogP contribution in [0.15, 0.2) is 99.5 Å². The molecule has 2 amide bonds. The van der Waals surface area contributed by atoms with E-state index in [1.165, 1.54) is 23.5 Å². The van der Waals surface area contributed by atoms with Gasteiger partial charge < -0.3 is 10.6 Å². The van der Waals surface area contributed by atoms with Gasteiger partial charge in [-0.25, -0.2) is 28.5 Å². The molecule has 6 aromatic rings. The summed E-state index contributed by atoms with van der Waals surface area (Å²) >= 11 is 11.7. The van der Waals surface area contributed by atoms with Crippen LogP contribution in [0.3, 0.4) is 0 Å². The van der Waals surface area contributed by atoms with E-state index in [2.05, 4.69) is 104 Å². The first-order valence-corrected chi connectivity index (χ1v) is 21.0. The number of amides is 2. The number of anilines is 4. The quantitative estimate of drug-likeness (QED) is 0.0418. The standard InChI is InChI=1S/C20H15BrF2IN3O2.C19H14BrF2IN2O2S/c1-11-7-13(24)4-5-16(11)26-19-14(8-15(21)17(22)18(19)23)20(28)27-29-10-12-3-2-6-25-9-12;1-10-7-11(23)4-5-15(10)24-18-13(8-14(20)16(21)17(18)22)19(26)25-27-9-12-3-2-6-28-12/h2-9,26H,10H2,1H3,(H,27,28);2-8,24H,9H2,1H3,(H,25,26). The van der Waals surface area contributed by atoms with Gasteiger partial charge >= 0.3 is 0 Å². The Kier molecular flexibility index (Phi) is 16.2. The Morgan fingerprint density at radius 2 is 1.21 bits per heavy atom. The van der Waals surface area contributed by atoms with Gasteiger partial charge in [0, 0.05) is 35.8 Å². The van der Waals surface area contributed by atoms with Crippen LogP contribution in [0, 0.1) is 44.3 Å². The third kappa shape index (κ3) is 11.9. The average Bonchev–Trinajstić information content (AvgIpc) is 3.71. The van der Waals surface area contributed by atoms with E-state index >= 15 is 0 Å². The number of benzene rings is 4. The minimum absolute atomic E-state index is 0.0728. The van der Waals surface area contributed by atoms with Crippen LogP contribution < -0.4 is 21.6 Å². The Morgan fingerprint density at radius 3 is 1.65 bits per heavy atom. The molecule has 0 radical (unpaired) electrons. The van der Waals surface area contributed by atoms with Gasteiger partial charge in [0.1, 0.15) is 13.2 Å². The molecule has 2 heterocycles. The Bertz CT molecular complexity index is 2400. The molecule has 0 aliphatic heterocycles. The smallest absolute Gasteiger partial charge is 0.277 e. The van der Waals surface area contributed by atoms with Gasteiger partial charge in [-0.3, -0.25) is 24.2 Å². The first-order chi connectivity index (χ1) is 27.2. The number of hydrogen-bond acceptors (Lipinski definition) is 8. The zero-order valence-corrected chi connectivity index (χ0v) is 37.9. The predicted octanol–water partition coefficient (Wildman–Crippen LogP) is 11.9. The van der Waals surface area contributed by atoms with Crippen LogP contribution in [-0.2, 0) is 22.9 Å². The Labute approximate surface area is 372 Å². The fourth-order valence-corrected chi connectivity index (χ4v) is 7.66. The summed E-state index contributed by atoms with van der Waals surface area (Å²) in [7, 11) is 0. The average molecular weight is 1150 g/mol. The molecule has 0 aliphatic carbocycles. The summed E-state index contributed by atoms with van der Waals surface area (Å²) < 4.78 is 59.2. The molecular weight excluding hydrogens is 1120 g/mol.